The maximum absolute atomic E-state index is 10.8. The van der Waals surface area contributed by atoms with Crippen LogP contribution in [0.3, 0.4) is 0 Å². The highest BCUT2D eigenvalue weighted by atomic mass is 16.6. The molecule has 0 aromatic carbocycles. The van der Waals surface area contributed by atoms with Crippen molar-refractivity contribution >= 4 is 22.4 Å². The summed E-state index contributed by atoms with van der Waals surface area (Å²) in [5.74, 6) is 0.610. The molecule has 0 spiro atoms. The first-order valence-corrected chi connectivity index (χ1v) is 7.99. The predicted octanol–water partition coefficient (Wildman–Crippen LogP) is 0.775. The second kappa shape index (κ2) is 5.37. The second-order valence-electron chi connectivity index (χ2n) is 6.76. The molecular formula is C17H20N4O4. The van der Waals surface area contributed by atoms with Gasteiger partial charge in [-0.2, -0.15) is 0 Å². The van der Waals surface area contributed by atoms with E-state index in [0.29, 0.717) is 17.9 Å². The molecule has 8 heteroatoms. The molecule has 132 valence electrons. The minimum atomic E-state index is -1.59. The maximum atomic E-state index is 10.8. The van der Waals surface area contributed by atoms with Crippen molar-refractivity contribution in [1.82, 2.24) is 14.5 Å². The molecule has 0 saturated carbocycles. The Kier molecular flexibility index (Phi) is 3.48. The molecule has 4 rings (SSSR count). The number of aliphatic hydroxyl groups is 3. The largest absolute Gasteiger partial charge is 0.394 e. The van der Waals surface area contributed by atoms with E-state index in [-0.39, 0.29) is 0 Å². The smallest absolute Gasteiger partial charge is 0.167 e. The Balaban J connectivity index is 1.92. The van der Waals surface area contributed by atoms with E-state index >= 15 is 0 Å². The van der Waals surface area contributed by atoms with Gasteiger partial charge in [0.25, 0.3) is 0 Å². The number of aliphatic hydroxyl groups excluding tert-OH is 2. The van der Waals surface area contributed by atoms with Gasteiger partial charge in [0.15, 0.2) is 6.23 Å². The zero-order chi connectivity index (χ0) is 17.9. The molecule has 25 heavy (non-hydrogen) atoms. The van der Waals surface area contributed by atoms with Gasteiger partial charge in [0.1, 0.15) is 35.6 Å². The van der Waals surface area contributed by atoms with Gasteiger partial charge in [-0.05, 0) is 12.5 Å². The summed E-state index contributed by atoms with van der Waals surface area (Å²) in [4.78, 5) is 8.61. The van der Waals surface area contributed by atoms with E-state index in [9.17, 15) is 15.3 Å². The number of nitrogens with zero attached hydrogens (tertiary/aromatic N) is 3. The molecular weight excluding hydrogens is 324 g/mol. The lowest BCUT2D eigenvalue weighted by molar-refractivity contribution is -0.0948. The van der Waals surface area contributed by atoms with Crippen LogP contribution < -0.4 is 5.32 Å². The van der Waals surface area contributed by atoms with Gasteiger partial charge in [-0.1, -0.05) is 13.2 Å². The molecule has 4 atom stereocenters. The second-order valence-corrected chi connectivity index (χ2v) is 6.76. The third-order valence-corrected chi connectivity index (χ3v) is 4.90. The Hall–Kier alpha value is -2.26. The van der Waals surface area contributed by atoms with Gasteiger partial charge < -0.3 is 29.9 Å². The summed E-state index contributed by atoms with van der Waals surface area (Å²) < 4.78 is 7.39. The standard InChI is InChI=1S/C17H20N4O4/c1-8-4-9(2)20-14-12-10(8)5-21(15(12)19-7-18-14)16-17(3,24)13(23)11(6-22)25-16/h5,7,11,13,16,22-24H,1-2,4,6H2,3H3,(H,18,19,20)/t11-,13-,16-,17+/m1/s1. The molecule has 4 heterocycles. The molecule has 8 nitrogen and oxygen atoms in total. The lowest BCUT2D eigenvalue weighted by Crippen LogP contribution is -2.44. The van der Waals surface area contributed by atoms with Crippen molar-refractivity contribution in [3.8, 4) is 0 Å². The number of ether oxygens (including phenoxy) is 1. The number of nitrogens with one attached hydrogen (secondary N) is 1. The molecule has 0 bridgehead atoms. The zero-order valence-electron chi connectivity index (χ0n) is 13.8. The van der Waals surface area contributed by atoms with Crippen LogP contribution in [0.15, 0.2) is 31.4 Å². The van der Waals surface area contributed by atoms with E-state index in [2.05, 4.69) is 28.4 Å². The molecule has 0 aliphatic carbocycles. The van der Waals surface area contributed by atoms with Crippen molar-refractivity contribution in [2.24, 2.45) is 0 Å². The average Bonchev–Trinajstić information content (AvgIpc) is 3.00. The first-order chi connectivity index (χ1) is 11.8. The van der Waals surface area contributed by atoms with Gasteiger partial charge in [0, 0.05) is 23.9 Å². The molecule has 2 aromatic rings. The van der Waals surface area contributed by atoms with Gasteiger partial charge in [-0.25, -0.2) is 9.97 Å². The van der Waals surface area contributed by atoms with E-state index < -0.39 is 30.6 Å². The Morgan fingerprint density at radius 1 is 1.44 bits per heavy atom. The van der Waals surface area contributed by atoms with Gasteiger partial charge in [-0.15, -0.1) is 0 Å². The molecule has 2 aliphatic heterocycles. The number of allylic oxidation sites excluding steroid dienone is 1. The van der Waals surface area contributed by atoms with E-state index in [0.717, 1.165) is 22.2 Å². The highest BCUT2D eigenvalue weighted by Gasteiger charge is 2.53. The fraction of sp³-hybridized carbons (Fsp3) is 0.412. The predicted molar refractivity (Wildman–Crippen MR) is 91.6 cm³/mol. The van der Waals surface area contributed by atoms with Crippen LogP contribution in [0.1, 0.15) is 25.1 Å². The third-order valence-electron chi connectivity index (χ3n) is 4.90. The summed E-state index contributed by atoms with van der Waals surface area (Å²) in [5, 5.41) is 34.3. The van der Waals surface area contributed by atoms with E-state index in [1.54, 1.807) is 10.8 Å². The Morgan fingerprint density at radius 3 is 2.88 bits per heavy atom. The molecule has 2 aromatic heterocycles. The molecule has 0 radical (unpaired) electrons. The molecule has 2 aliphatic rings. The molecule has 1 fully saturated rings. The lowest BCUT2D eigenvalue weighted by Gasteiger charge is -2.27. The molecule has 1 saturated heterocycles. The molecule has 4 N–H and O–H groups in total. The minimum Gasteiger partial charge on any atom is -0.394 e. The molecule has 0 unspecified atom stereocenters. The van der Waals surface area contributed by atoms with Crippen LogP contribution in [0.4, 0.5) is 5.82 Å². The van der Waals surface area contributed by atoms with Gasteiger partial charge in [0.05, 0.1) is 12.0 Å². The lowest BCUT2D eigenvalue weighted by atomic mass is 9.96. The minimum absolute atomic E-state index is 0.395. The monoisotopic (exact) mass is 344 g/mol. The summed E-state index contributed by atoms with van der Waals surface area (Å²) in [5.41, 5.74) is 1.40. The fourth-order valence-corrected chi connectivity index (χ4v) is 3.58. The average molecular weight is 344 g/mol. The number of hydrogen-bond donors (Lipinski definition) is 4. The number of hydrogen-bond acceptors (Lipinski definition) is 7. The fourth-order valence-electron chi connectivity index (χ4n) is 3.58. The SMILES string of the molecule is C=C1CC(=C)c2cn([C@@H]3O[C@H](CO)[C@@H](O)[C@]3(C)O)c3ncnc(c23)N1. The first kappa shape index (κ1) is 16.2. The third kappa shape index (κ3) is 2.22. The van der Waals surface area contributed by atoms with Gasteiger partial charge in [-0.3, -0.25) is 0 Å². The van der Waals surface area contributed by atoms with Crippen molar-refractivity contribution in [1.29, 1.82) is 0 Å². The van der Waals surface area contributed by atoms with Crippen molar-refractivity contribution in [3.63, 3.8) is 0 Å². The Morgan fingerprint density at radius 2 is 2.20 bits per heavy atom. The van der Waals surface area contributed by atoms with Crippen molar-refractivity contribution in [2.45, 2.75) is 37.4 Å². The van der Waals surface area contributed by atoms with Crippen LogP contribution in [-0.2, 0) is 4.74 Å². The van der Waals surface area contributed by atoms with Gasteiger partial charge >= 0.3 is 0 Å². The van der Waals surface area contributed by atoms with Crippen LogP contribution in [0.2, 0.25) is 0 Å². The number of anilines is 1. The van der Waals surface area contributed by atoms with E-state index in [1.165, 1.54) is 13.3 Å². The first-order valence-electron chi connectivity index (χ1n) is 7.99. The van der Waals surface area contributed by atoms with E-state index in [4.69, 9.17) is 4.74 Å². The van der Waals surface area contributed by atoms with Crippen LogP contribution in [0.5, 0.6) is 0 Å². The van der Waals surface area contributed by atoms with Crippen LogP contribution >= 0.6 is 0 Å². The normalized spacial score (nSPS) is 32.1. The Labute approximate surface area is 144 Å². The summed E-state index contributed by atoms with van der Waals surface area (Å²) in [6.07, 6.45) is 0.746. The summed E-state index contributed by atoms with van der Waals surface area (Å²) >= 11 is 0. The number of rotatable bonds is 2. The summed E-state index contributed by atoms with van der Waals surface area (Å²) in [6, 6.07) is 0. The summed E-state index contributed by atoms with van der Waals surface area (Å²) in [6.45, 7) is 9.16. The van der Waals surface area contributed by atoms with Crippen molar-refractivity contribution < 1.29 is 20.1 Å². The highest BCUT2D eigenvalue weighted by molar-refractivity contribution is 6.00. The Bertz CT molecular complexity index is 888. The van der Waals surface area contributed by atoms with Crippen LogP contribution in [-0.4, -0.2) is 54.3 Å². The zero-order valence-corrected chi connectivity index (χ0v) is 13.8. The summed E-state index contributed by atoms with van der Waals surface area (Å²) in [7, 11) is 0. The van der Waals surface area contributed by atoms with Crippen LogP contribution in [0.25, 0.3) is 16.6 Å². The van der Waals surface area contributed by atoms with Crippen molar-refractivity contribution in [2.75, 3.05) is 11.9 Å². The number of aromatic nitrogens is 3. The quantitative estimate of drug-likeness (QED) is 0.637. The van der Waals surface area contributed by atoms with E-state index in [1.807, 2.05) is 0 Å². The van der Waals surface area contributed by atoms with Crippen molar-refractivity contribution in [3.05, 3.63) is 36.9 Å². The van der Waals surface area contributed by atoms with Crippen LogP contribution in [0, 0.1) is 0 Å². The van der Waals surface area contributed by atoms with Gasteiger partial charge in [0.2, 0.25) is 0 Å². The topological polar surface area (TPSA) is 113 Å². The maximum Gasteiger partial charge on any atom is 0.167 e. The molecule has 0 amide bonds. The highest BCUT2D eigenvalue weighted by Crippen LogP contribution is 2.43.